The van der Waals surface area contributed by atoms with Crippen molar-refractivity contribution in [3.8, 4) is 0 Å². The summed E-state index contributed by atoms with van der Waals surface area (Å²) in [6, 6.07) is 26.3. The maximum atomic E-state index is 13.6. The number of halogens is 1. The number of hydrogen-bond donors (Lipinski definition) is 0. The number of likely N-dealkylation sites (tertiary alicyclic amines) is 1. The van der Waals surface area contributed by atoms with E-state index < -0.39 is 0 Å². The number of fused-ring (bicyclic) bond motifs is 2. The van der Waals surface area contributed by atoms with Gasteiger partial charge in [-0.1, -0.05) is 72.3 Å². The summed E-state index contributed by atoms with van der Waals surface area (Å²) in [5.74, 6) is 0.779. The van der Waals surface area contributed by atoms with Crippen molar-refractivity contribution in [2.45, 2.75) is 39.0 Å². The Balaban J connectivity index is 1.30. The van der Waals surface area contributed by atoms with Gasteiger partial charge in [0.2, 0.25) is 0 Å². The molecule has 34 heavy (non-hydrogen) atoms. The van der Waals surface area contributed by atoms with Crippen LogP contribution in [0.5, 0.6) is 0 Å². The molecule has 1 aliphatic carbocycles. The lowest BCUT2D eigenvalue weighted by atomic mass is 9.94. The quantitative estimate of drug-likeness (QED) is 0.398. The van der Waals surface area contributed by atoms with Gasteiger partial charge in [0.1, 0.15) is 6.10 Å². The zero-order valence-electron chi connectivity index (χ0n) is 19.6. The van der Waals surface area contributed by atoms with E-state index in [4.69, 9.17) is 16.3 Å². The predicted molar refractivity (Wildman–Crippen MR) is 137 cm³/mol. The van der Waals surface area contributed by atoms with Crippen LogP contribution in [0.4, 0.5) is 10.5 Å². The summed E-state index contributed by atoms with van der Waals surface area (Å²) in [5.41, 5.74) is 4.29. The highest BCUT2D eigenvalue weighted by Gasteiger charge is 2.45. The van der Waals surface area contributed by atoms with Gasteiger partial charge >= 0.3 is 6.09 Å². The van der Waals surface area contributed by atoms with E-state index in [-0.39, 0.29) is 12.2 Å². The molecule has 2 unspecified atom stereocenters. The van der Waals surface area contributed by atoms with Crippen LogP contribution < -0.4 is 4.90 Å². The van der Waals surface area contributed by atoms with Gasteiger partial charge in [-0.15, -0.1) is 0 Å². The molecule has 0 spiro atoms. The van der Waals surface area contributed by atoms with Crippen molar-refractivity contribution in [3.05, 3.63) is 101 Å². The number of nitrogens with zero attached hydrogens (tertiary/aromatic N) is 2. The molecule has 176 valence electrons. The Hall–Kier alpha value is -2.82. The number of anilines is 1. The number of benzene rings is 3. The van der Waals surface area contributed by atoms with Gasteiger partial charge in [0.05, 0.1) is 12.2 Å². The lowest BCUT2D eigenvalue weighted by Gasteiger charge is -2.38. The molecule has 2 bridgehead atoms. The maximum Gasteiger partial charge on any atom is 0.414 e. The van der Waals surface area contributed by atoms with Crippen LogP contribution in [-0.4, -0.2) is 30.2 Å². The first-order valence-electron chi connectivity index (χ1n) is 12.1. The fourth-order valence-electron chi connectivity index (χ4n) is 5.50. The molecule has 1 amide bonds. The Bertz CT molecular complexity index is 1100. The summed E-state index contributed by atoms with van der Waals surface area (Å²) in [5, 5.41) is 0.688. The van der Waals surface area contributed by atoms with Crippen molar-refractivity contribution in [2.24, 2.45) is 11.8 Å². The fourth-order valence-corrected chi connectivity index (χ4v) is 5.63. The largest absolute Gasteiger partial charge is 0.445 e. The van der Waals surface area contributed by atoms with Crippen molar-refractivity contribution in [2.75, 3.05) is 18.0 Å². The molecule has 0 N–H and O–H groups in total. The number of rotatable bonds is 6. The number of piperidine rings is 1. The second-order valence-electron chi connectivity index (χ2n) is 9.62. The Labute approximate surface area is 207 Å². The van der Waals surface area contributed by atoms with E-state index in [1.165, 1.54) is 5.56 Å². The SMILES string of the molecule is Cc1ccccc1N(Cc1ccc(Cl)cc1)C(=O)OC1C2CCC1CN(Cc1ccccc1)C2. The first kappa shape index (κ1) is 22.9. The van der Waals surface area contributed by atoms with Gasteiger partial charge in [-0.05, 0) is 54.7 Å². The van der Waals surface area contributed by atoms with Crippen LogP contribution in [0.1, 0.15) is 29.5 Å². The molecule has 3 aromatic carbocycles. The van der Waals surface area contributed by atoms with Gasteiger partial charge in [-0.2, -0.15) is 0 Å². The highest BCUT2D eigenvalue weighted by molar-refractivity contribution is 6.30. The fraction of sp³-hybridized carbons (Fsp3) is 0.345. The minimum absolute atomic E-state index is 0.0174. The summed E-state index contributed by atoms with van der Waals surface area (Å²) >= 11 is 6.07. The number of para-hydroxylation sites is 1. The van der Waals surface area contributed by atoms with E-state index in [1.54, 1.807) is 4.90 Å². The number of ether oxygens (including phenoxy) is 1. The third-order valence-corrected chi connectivity index (χ3v) is 7.44. The lowest BCUT2D eigenvalue weighted by molar-refractivity contribution is -0.0000882. The molecule has 5 heteroatoms. The standard InChI is InChI=1S/C29H31ClN2O2/c1-21-7-5-6-10-27(21)32(18-23-11-15-26(30)16-12-23)29(33)34-28-24-13-14-25(28)20-31(19-24)17-22-8-3-2-4-9-22/h2-12,15-16,24-25,28H,13-14,17-20H2,1H3. The molecule has 2 aliphatic rings. The highest BCUT2D eigenvalue weighted by Crippen LogP contribution is 2.40. The number of hydrogen-bond acceptors (Lipinski definition) is 3. The summed E-state index contributed by atoms with van der Waals surface area (Å²) in [6.07, 6.45) is 1.96. The van der Waals surface area contributed by atoms with E-state index in [2.05, 4.69) is 35.2 Å². The minimum atomic E-state index is -0.261. The first-order chi connectivity index (χ1) is 16.6. The van der Waals surface area contributed by atoms with Crippen molar-refractivity contribution < 1.29 is 9.53 Å². The second kappa shape index (κ2) is 10.2. The van der Waals surface area contributed by atoms with E-state index in [1.807, 2.05) is 55.5 Å². The van der Waals surface area contributed by atoms with Crippen LogP contribution in [0.2, 0.25) is 5.02 Å². The molecule has 5 rings (SSSR count). The highest BCUT2D eigenvalue weighted by atomic mass is 35.5. The van der Waals surface area contributed by atoms with Gasteiger partial charge < -0.3 is 4.74 Å². The van der Waals surface area contributed by atoms with Gasteiger partial charge in [-0.3, -0.25) is 9.80 Å². The topological polar surface area (TPSA) is 32.8 Å². The third-order valence-electron chi connectivity index (χ3n) is 7.19. The lowest BCUT2D eigenvalue weighted by Crippen LogP contribution is -2.47. The summed E-state index contributed by atoms with van der Waals surface area (Å²) in [6.45, 7) is 5.39. The monoisotopic (exact) mass is 474 g/mol. The van der Waals surface area contributed by atoms with E-state index in [0.29, 0.717) is 23.4 Å². The summed E-state index contributed by atoms with van der Waals surface area (Å²) in [4.78, 5) is 17.9. The molecule has 1 saturated carbocycles. The number of carbonyl (C=O) groups is 1. The second-order valence-corrected chi connectivity index (χ2v) is 10.1. The van der Waals surface area contributed by atoms with Crippen LogP contribution in [0, 0.1) is 18.8 Å². The van der Waals surface area contributed by atoms with Crippen molar-refractivity contribution in [1.82, 2.24) is 4.90 Å². The first-order valence-corrected chi connectivity index (χ1v) is 12.5. The number of amides is 1. The molecule has 2 fully saturated rings. The van der Waals surface area contributed by atoms with Crippen LogP contribution >= 0.6 is 11.6 Å². The smallest absolute Gasteiger partial charge is 0.414 e. The molecule has 0 aromatic heterocycles. The van der Waals surface area contributed by atoms with Crippen LogP contribution in [0.15, 0.2) is 78.9 Å². The molecular formula is C29H31ClN2O2. The zero-order chi connectivity index (χ0) is 23.5. The molecule has 1 aliphatic heterocycles. The molecule has 0 radical (unpaired) electrons. The molecule has 4 nitrogen and oxygen atoms in total. The zero-order valence-corrected chi connectivity index (χ0v) is 20.3. The van der Waals surface area contributed by atoms with Crippen molar-refractivity contribution in [1.29, 1.82) is 0 Å². The van der Waals surface area contributed by atoms with Crippen LogP contribution in [0.25, 0.3) is 0 Å². The van der Waals surface area contributed by atoms with E-state index >= 15 is 0 Å². The average molecular weight is 475 g/mol. The van der Waals surface area contributed by atoms with E-state index in [0.717, 1.165) is 49.3 Å². The van der Waals surface area contributed by atoms with Crippen molar-refractivity contribution in [3.63, 3.8) is 0 Å². The van der Waals surface area contributed by atoms with Gasteiger partial charge in [-0.25, -0.2) is 4.79 Å². The minimum Gasteiger partial charge on any atom is -0.445 e. The van der Waals surface area contributed by atoms with Gasteiger partial charge in [0, 0.05) is 36.5 Å². The predicted octanol–water partition coefficient (Wildman–Crippen LogP) is 6.70. The normalized spacial score (nSPS) is 21.9. The Kier molecular flexibility index (Phi) is 6.89. The molecule has 2 atom stereocenters. The van der Waals surface area contributed by atoms with Gasteiger partial charge in [0.25, 0.3) is 0 Å². The van der Waals surface area contributed by atoms with Crippen molar-refractivity contribution >= 4 is 23.4 Å². The van der Waals surface area contributed by atoms with Crippen LogP contribution in [-0.2, 0) is 17.8 Å². The third kappa shape index (κ3) is 5.13. The Morgan fingerprint density at radius 1 is 0.912 bits per heavy atom. The molecule has 3 aromatic rings. The summed E-state index contributed by atoms with van der Waals surface area (Å²) in [7, 11) is 0. The molecular weight excluding hydrogens is 444 g/mol. The Morgan fingerprint density at radius 2 is 1.56 bits per heavy atom. The summed E-state index contributed by atoms with van der Waals surface area (Å²) < 4.78 is 6.28. The number of carbonyl (C=O) groups excluding carboxylic acids is 1. The average Bonchev–Trinajstić information content (AvgIpc) is 3.07. The molecule has 1 saturated heterocycles. The molecule has 1 heterocycles. The maximum absolute atomic E-state index is 13.6. The number of aryl methyl sites for hydroxylation is 1. The Morgan fingerprint density at radius 3 is 2.24 bits per heavy atom. The van der Waals surface area contributed by atoms with E-state index in [9.17, 15) is 4.79 Å². The van der Waals surface area contributed by atoms with Crippen LogP contribution in [0.3, 0.4) is 0 Å². The van der Waals surface area contributed by atoms with Gasteiger partial charge in [0.15, 0.2) is 0 Å².